The molecule has 3 rings (SSSR count). The van der Waals surface area contributed by atoms with Crippen LogP contribution in [-0.4, -0.2) is 44.4 Å². The number of nitrogens with zero attached hydrogens (tertiary/aromatic N) is 1. The molecule has 0 aliphatic rings. The molecule has 1 aromatic heterocycles. The predicted molar refractivity (Wildman–Crippen MR) is 121 cm³/mol. The van der Waals surface area contributed by atoms with Gasteiger partial charge in [-0.05, 0) is 36.4 Å². The molecule has 168 valence electrons. The number of carbonyl (C=O) groups excluding carboxylic acids is 2. The van der Waals surface area contributed by atoms with Crippen molar-refractivity contribution in [1.29, 1.82) is 0 Å². The number of methoxy groups -OCH3 is 2. The fraction of sp³-hybridized carbons (Fsp3) is 0.227. The molecule has 1 heterocycles. The summed E-state index contributed by atoms with van der Waals surface area (Å²) in [6.07, 6.45) is -0.608. The van der Waals surface area contributed by atoms with E-state index in [0.717, 1.165) is 5.69 Å². The third-order valence-electron chi connectivity index (χ3n) is 4.17. The number of ether oxygens (including phenoxy) is 4. The summed E-state index contributed by atoms with van der Waals surface area (Å²) in [5.74, 6) is 0.603. The summed E-state index contributed by atoms with van der Waals surface area (Å²) in [4.78, 5) is 28.6. The maximum absolute atomic E-state index is 12.7. The minimum absolute atomic E-state index is 0.143. The lowest BCUT2D eigenvalue weighted by Gasteiger charge is -2.12. The molecule has 0 aliphatic heterocycles. The summed E-state index contributed by atoms with van der Waals surface area (Å²) >= 11 is 1.49. The highest BCUT2D eigenvalue weighted by molar-refractivity contribution is 7.07. The molecule has 3 aromatic rings. The fourth-order valence-corrected chi connectivity index (χ4v) is 3.18. The molecule has 2 N–H and O–H groups in total. The van der Waals surface area contributed by atoms with E-state index in [2.05, 4.69) is 15.6 Å². The van der Waals surface area contributed by atoms with Crippen molar-refractivity contribution in [2.75, 3.05) is 38.1 Å². The SMILES string of the molecule is COCCOC(=O)Nc1cccc(NC(=O)c2ccc(OCc3cscn3)c(OC)c2)c1. The van der Waals surface area contributed by atoms with E-state index in [1.54, 1.807) is 48.0 Å². The van der Waals surface area contributed by atoms with Gasteiger partial charge in [0.15, 0.2) is 11.5 Å². The first-order chi connectivity index (χ1) is 15.6. The second-order valence-electron chi connectivity index (χ2n) is 6.42. The van der Waals surface area contributed by atoms with E-state index >= 15 is 0 Å². The highest BCUT2D eigenvalue weighted by Gasteiger charge is 2.13. The Labute approximate surface area is 189 Å². The first-order valence-corrected chi connectivity index (χ1v) is 10.6. The van der Waals surface area contributed by atoms with Crippen LogP contribution >= 0.6 is 11.3 Å². The van der Waals surface area contributed by atoms with Crippen molar-refractivity contribution in [3.05, 3.63) is 64.6 Å². The number of anilines is 2. The Morgan fingerprint density at radius 3 is 2.53 bits per heavy atom. The van der Waals surface area contributed by atoms with Gasteiger partial charge < -0.3 is 24.3 Å². The molecule has 10 heteroatoms. The Kier molecular flexibility index (Phi) is 8.41. The number of rotatable bonds is 10. The third-order valence-corrected chi connectivity index (χ3v) is 4.81. The van der Waals surface area contributed by atoms with Crippen LogP contribution in [0.1, 0.15) is 16.1 Å². The Hall–Kier alpha value is -3.63. The molecule has 0 bridgehead atoms. The van der Waals surface area contributed by atoms with Gasteiger partial charge in [-0.1, -0.05) is 6.07 Å². The summed E-state index contributed by atoms with van der Waals surface area (Å²) in [6.45, 7) is 0.755. The van der Waals surface area contributed by atoms with E-state index in [4.69, 9.17) is 18.9 Å². The Morgan fingerprint density at radius 1 is 1.00 bits per heavy atom. The van der Waals surface area contributed by atoms with Gasteiger partial charge in [0.05, 0.1) is 24.9 Å². The molecular formula is C22H23N3O6S. The minimum Gasteiger partial charge on any atom is -0.493 e. The van der Waals surface area contributed by atoms with Crippen LogP contribution in [0, 0.1) is 0 Å². The van der Waals surface area contributed by atoms with E-state index in [0.29, 0.717) is 41.7 Å². The third kappa shape index (κ3) is 6.69. The number of thiazole rings is 1. The van der Waals surface area contributed by atoms with Gasteiger partial charge in [0.1, 0.15) is 13.2 Å². The smallest absolute Gasteiger partial charge is 0.411 e. The van der Waals surface area contributed by atoms with Gasteiger partial charge in [0, 0.05) is 29.4 Å². The lowest BCUT2D eigenvalue weighted by molar-refractivity contribution is 0.102. The Balaban J connectivity index is 1.61. The second kappa shape index (κ2) is 11.7. The van der Waals surface area contributed by atoms with Gasteiger partial charge in [-0.2, -0.15) is 0 Å². The average Bonchev–Trinajstić information content (AvgIpc) is 3.31. The number of amides is 2. The Bertz CT molecular complexity index is 1040. The standard InChI is InChI=1S/C22H23N3O6S/c1-28-8-9-30-22(27)25-17-5-3-4-16(11-17)24-21(26)15-6-7-19(20(10-15)29-2)31-12-18-13-32-14-23-18/h3-7,10-11,13-14H,8-9,12H2,1-2H3,(H,24,26)(H,25,27). The molecule has 0 fully saturated rings. The molecule has 9 nitrogen and oxygen atoms in total. The van der Waals surface area contributed by atoms with Crippen molar-refractivity contribution < 1.29 is 28.5 Å². The summed E-state index contributed by atoms with van der Waals surface area (Å²) in [6, 6.07) is 11.6. The number of aromatic nitrogens is 1. The zero-order chi connectivity index (χ0) is 22.8. The zero-order valence-corrected chi connectivity index (χ0v) is 18.4. The van der Waals surface area contributed by atoms with E-state index in [9.17, 15) is 9.59 Å². The van der Waals surface area contributed by atoms with E-state index in [1.807, 2.05) is 5.38 Å². The molecular weight excluding hydrogens is 434 g/mol. The van der Waals surface area contributed by atoms with Crippen LogP contribution in [-0.2, 0) is 16.1 Å². The maximum atomic E-state index is 12.7. The van der Waals surface area contributed by atoms with Crippen LogP contribution in [0.4, 0.5) is 16.2 Å². The highest BCUT2D eigenvalue weighted by Crippen LogP contribution is 2.29. The van der Waals surface area contributed by atoms with Gasteiger partial charge in [-0.15, -0.1) is 11.3 Å². The second-order valence-corrected chi connectivity index (χ2v) is 7.14. The number of benzene rings is 2. The van der Waals surface area contributed by atoms with Crippen LogP contribution in [0.25, 0.3) is 0 Å². The molecule has 0 atom stereocenters. The maximum Gasteiger partial charge on any atom is 0.411 e. The van der Waals surface area contributed by atoms with Crippen molar-refractivity contribution in [3.8, 4) is 11.5 Å². The van der Waals surface area contributed by atoms with Gasteiger partial charge in [-0.25, -0.2) is 9.78 Å². The highest BCUT2D eigenvalue weighted by atomic mass is 32.1. The van der Waals surface area contributed by atoms with Crippen LogP contribution in [0.5, 0.6) is 11.5 Å². The number of hydrogen-bond donors (Lipinski definition) is 2. The normalized spacial score (nSPS) is 10.3. The summed E-state index contributed by atoms with van der Waals surface area (Å²) < 4.78 is 20.9. The van der Waals surface area contributed by atoms with Crippen molar-refractivity contribution in [3.63, 3.8) is 0 Å². The predicted octanol–water partition coefficient (Wildman–Crippen LogP) is 4.18. The van der Waals surface area contributed by atoms with Crippen LogP contribution < -0.4 is 20.1 Å². The van der Waals surface area contributed by atoms with Gasteiger partial charge in [-0.3, -0.25) is 10.1 Å². The number of nitrogens with one attached hydrogen (secondary N) is 2. The van der Waals surface area contributed by atoms with Crippen LogP contribution in [0.3, 0.4) is 0 Å². The topological polar surface area (TPSA) is 108 Å². The first-order valence-electron chi connectivity index (χ1n) is 9.61. The quantitative estimate of drug-likeness (QED) is 0.440. The molecule has 2 aromatic carbocycles. The lowest BCUT2D eigenvalue weighted by atomic mass is 10.1. The largest absolute Gasteiger partial charge is 0.493 e. The summed E-state index contributed by atoms with van der Waals surface area (Å²) in [7, 11) is 3.03. The van der Waals surface area contributed by atoms with E-state index in [-0.39, 0.29) is 12.5 Å². The fourth-order valence-electron chi connectivity index (χ4n) is 2.64. The van der Waals surface area contributed by atoms with Gasteiger partial charge >= 0.3 is 6.09 Å². The van der Waals surface area contributed by atoms with Crippen molar-refractivity contribution >= 4 is 34.7 Å². The molecule has 0 saturated heterocycles. The molecule has 0 unspecified atom stereocenters. The Morgan fingerprint density at radius 2 is 1.81 bits per heavy atom. The molecule has 0 aliphatic carbocycles. The van der Waals surface area contributed by atoms with Crippen LogP contribution in [0.2, 0.25) is 0 Å². The molecule has 2 amide bonds. The first kappa shape index (κ1) is 23.0. The van der Waals surface area contributed by atoms with Crippen molar-refractivity contribution in [1.82, 2.24) is 4.98 Å². The monoisotopic (exact) mass is 457 g/mol. The van der Waals surface area contributed by atoms with E-state index in [1.165, 1.54) is 25.6 Å². The summed E-state index contributed by atoms with van der Waals surface area (Å²) in [5.41, 5.74) is 3.93. The van der Waals surface area contributed by atoms with E-state index < -0.39 is 6.09 Å². The number of carbonyl (C=O) groups is 2. The molecule has 32 heavy (non-hydrogen) atoms. The molecule has 0 spiro atoms. The lowest BCUT2D eigenvalue weighted by Crippen LogP contribution is -2.17. The molecule has 0 saturated carbocycles. The van der Waals surface area contributed by atoms with Crippen LogP contribution in [0.15, 0.2) is 53.4 Å². The average molecular weight is 458 g/mol. The number of hydrogen-bond acceptors (Lipinski definition) is 8. The minimum atomic E-state index is -0.608. The van der Waals surface area contributed by atoms with Crippen molar-refractivity contribution in [2.24, 2.45) is 0 Å². The van der Waals surface area contributed by atoms with Gasteiger partial charge in [0.2, 0.25) is 0 Å². The van der Waals surface area contributed by atoms with Gasteiger partial charge in [0.25, 0.3) is 5.91 Å². The molecule has 0 radical (unpaired) electrons. The summed E-state index contributed by atoms with van der Waals surface area (Å²) in [5, 5.41) is 7.29. The zero-order valence-electron chi connectivity index (χ0n) is 17.6. The van der Waals surface area contributed by atoms with Crippen molar-refractivity contribution in [2.45, 2.75) is 6.61 Å².